The molecule has 0 aromatic heterocycles. The van der Waals surface area contributed by atoms with Gasteiger partial charge >= 0.3 is 0 Å². The lowest BCUT2D eigenvalue weighted by Gasteiger charge is -2.42. The Hall–Kier alpha value is -1.24. The average molecular weight is 335 g/mol. The average Bonchev–Trinajstić information content (AvgIpc) is 2.86. The van der Waals surface area contributed by atoms with Crippen LogP contribution in [0.4, 0.5) is 0 Å². The molecule has 8 heteroatoms. The number of carbonyl (C=O) groups excluding carboxylic acids is 1. The van der Waals surface area contributed by atoms with Crippen molar-refractivity contribution in [2.24, 2.45) is 23.5 Å². The maximum atomic E-state index is 12.9. The van der Waals surface area contributed by atoms with Gasteiger partial charge in [-0.2, -0.15) is 5.26 Å². The van der Waals surface area contributed by atoms with Crippen LogP contribution in [0, 0.1) is 29.1 Å². The van der Waals surface area contributed by atoms with Crippen LogP contribution in [0.2, 0.25) is 0 Å². The molecule has 1 amide bonds. The van der Waals surface area contributed by atoms with Crippen molar-refractivity contribution < 1.29 is 4.79 Å². The minimum atomic E-state index is -0.398. The second-order valence-corrected chi connectivity index (χ2v) is 7.50. The SMILES string of the molecule is CC1CCNCC1NC(=O)C1C(N)NN2CC(CC#N)CN(C)C12. The zero-order valence-electron chi connectivity index (χ0n) is 14.5. The summed E-state index contributed by atoms with van der Waals surface area (Å²) in [4.78, 5) is 15.1. The largest absolute Gasteiger partial charge is 0.351 e. The molecule has 0 bridgehead atoms. The van der Waals surface area contributed by atoms with Gasteiger partial charge in [0.25, 0.3) is 0 Å². The number of hydrogen-bond donors (Lipinski definition) is 4. The van der Waals surface area contributed by atoms with E-state index in [4.69, 9.17) is 11.0 Å². The summed E-state index contributed by atoms with van der Waals surface area (Å²) in [5.41, 5.74) is 9.48. The number of fused-ring (bicyclic) bond motifs is 1. The summed E-state index contributed by atoms with van der Waals surface area (Å²) in [5, 5.41) is 17.5. The van der Waals surface area contributed by atoms with Gasteiger partial charge in [0.05, 0.1) is 24.3 Å². The summed E-state index contributed by atoms with van der Waals surface area (Å²) in [5.74, 6) is 0.460. The van der Waals surface area contributed by atoms with Crippen molar-refractivity contribution in [2.75, 3.05) is 33.2 Å². The van der Waals surface area contributed by atoms with E-state index in [2.05, 4.69) is 34.0 Å². The molecule has 6 atom stereocenters. The Kier molecular flexibility index (Phi) is 5.37. The molecule has 5 N–H and O–H groups in total. The zero-order valence-corrected chi connectivity index (χ0v) is 14.5. The van der Waals surface area contributed by atoms with Crippen LogP contribution in [0.25, 0.3) is 0 Å². The van der Waals surface area contributed by atoms with Gasteiger partial charge in [-0.1, -0.05) is 6.92 Å². The quantitative estimate of drug-likeness (QED) is 0.503. The molecule has 3 aliphatic heterocycles. The van der Waals surface area contributed by atoms with Crippen molar-refractivity contribution in [2.45, 2.75) is 38.1 Å². The van der Waals surface area contributed by atoms with Crippen LogP contribution in [0.15, 0.2) is 0 Å². The third kappa shape index (κ3) is 3.41. The molecular weight excluding hydrogens is 306 g/mol. The van der Waals surface area contributed by atoms with E-state index in [9.17, 15) is 4.79 Å². The summed E-state index contributed by atoms with van der Waals surface area (Å²) in [7, 11) is 2.01. The molecule has 3 saturated heterocycles. The lowest BCUT2D eigenvalue weighted by atomic mass is 9.92. The summed E-state index contributed by atoms with van der Waals surface area (Å²) < 4.78 is 0. The van der Waals surface area contributed by atoms with E-state index < -0.39 is 6.17 Å². The van der Waals surface area contributed by atoms with E-state index in [1.807, 2.05) is 12.1 Å². The highest BCUT2D eigenvalue weighted by atomic mass is 16.2. The van der Waals surface area contributed by atoms with Gasteiger partial charge in [-0.05, 0) is 31.8 Å². The second-order valence-electron chi connectivity index (χ2n) is 7.50. The van der Waals surface area contributed by atoms with Crippen molar-refractivity contribution >= 4 is 5.91 Å². The normalized spacial score (nSPS) is 40.8. The first-order valence-electron chi connectivity index (χ1n) is 8.88. The Morgan fingerprint density at radius 1 is 1.46 bits per heavy atom. The smallest absolute Gasteiger partial charge is 0.229 e. The second kappa shape index (κ2) is 7.33. The fourth-order valence-electron chi connectivity index (χ4n) is 4.27. The van der Waals surface area contributed by atoms with Gasteiger partial charge in [-0.15, -0.1) is 0 Å². The molecule has 0 aromatic rings. The van der Waals surface area contributed by atoms with Crippen LogP contribution in [-0.4, -0.2) is 67.4 Å². The third-order valence-electron chi connectivity index (χ3n) is 5.63. The van der Waals surface area contributed by atoms with Crippen molar-refractivity contribution in [1.29, 1.82) is 5.26 Å². The molecule has 3 aliphatic rings. The molecule has 0 saturated carbocycles. The Bertz CT molecular complexity index is 507. The monoisotopic (exact) mass is 335 g/mol. The molecule has 6 unspecified atom stereocenters. The fraction of sp³-hybridized carbons (Fsp3) is 0.875. The van der Waals surface area contributed by atoms with E-state index in [1.54, 1.807) is 0 Å². The highest BCUT2D eigenvalue weighted by molar-refractivity contribution is 5.80. The van der Waals surface area contributed by atoms with Gasteiger partial charge in [0.15, 0.2) is 0 Å². The molecule has 0 radical (unpaired) electrons. The highest BCUT2D eigenvalue weighted by Crippen LogP contribution is 2.29. The predicted octanol–water partition coefficient (Wildman–Crippen LogP) is -1.38. The van der Waals surface area contributed by atoms with E-state index in [1.165, 1.54) is 0 Å². The number of nitriles is 1. The van der Waals surface area contributed by atoms with Crippen molar-refractivity contribution in [3.8, 4) is 6.07 Å². The van der Waals surface area contributed by atoms with E-state index in [0.717, 1.165) is 32.6 Å². The minimum Gasteiger partial charge on any atom is -0.351 e. The van der Waals surface area contributed by atoms with Crippen molar-refractivity contribution in [1.82, 2.24) is 26.0 Å². The molecule has 3 fully saturated rings. The highest BCUT2D eigenvalue weighted by Gasteiger charge is 2.49. The number of carbonyl (C=O) groups is 1. The maximum Gasteiger partial charge on any atom is 0.229 e. The van der Waals surface area contributed by atoms with Crippen LogP contribution in [-0.2, 0) is 4.79 Å². The lowest BCUT2D eigenvalue weighted by Crippen LogP contribution is -2.60. The van der Waals surface area contributed by atoms with Crippen LogP contribution in [0.1, 0.15) is 19.8 Å². The molecule has 8 nitrogen and oxygen atoms in total. The van der Waals surface area contributed by atoms with Crippen LogP contribution in [0.5, 0.6) is 0 Å². The number of rotatable bonds is 3. The number of nitrogens with two attached hydrogens (primary N) is 1. The van der Waals surface area contributed by atoms with Crippen LogP contribution < -0.4 is 21.8 Å². The van der Waals surface area contributed by atoms with E-state index in [-0.39, 0.29) is 30.0 Å². The lowest BCUT2D eigenvalue weighted by molar-refractivity contribution is -0.130. The molecule has 24 heavy (non-hydrogen) atoms. The third-order valence-corrected chi connectivity index (χ3v) is 5.63. The Labute approximate surface area is 143 Å². The number of hydrazine groups is 1. The van der Waals surface area contributed by atoms with E-state index in [0.29, 0.717) is 12.3 Å². The molecule has 134 valence electrons. The molecule has 0 spiro atoms. The standard InChI is InChI=1S/C16H29N7O/c1-10-4-6-19-7-12(10)20-15(24)13-14(18)21-23-9-11(3-5-17)8-22(2)16(13)23/h10-14,16,19,21H,3-4,6-9,18H2,1-2H3,(H,20,24). The summed E-state index contributed by atoms with van der Waals surface area (Å²) in [6, 6.07) is 2.40. The van der Waals surface area contributed by atoms with Gasteiger partial charge in [0.2, 0.25) is 5.91 Å². The maximum absolute atomic E-state index is 12.9. The molecule has 3 rings (SSSR count). The van der Waals surface area contributed by atoms with Gasteiger partial charge in [0, 0.05) is 32.1 Å². The Morgan fingerprint density at radius 2 is 2.25 bits per heavy atom. The Balaban J connectivity index is 1.67. The van der Waals surface area contributed by atoms with Crippen LogP contribution in [0.3, 0.4) is 0 Å². The number of nitrogens with one attached hydrogen (secondary N) is 3. The molecule has 0 aromatic carbocycles. The first-order chi connectivity index (χ1) is 11.5. The Morgan fingerprint density at radius 3 is 2.96 bits per heavy atom. The molecular formula is C16H29N7O. The van der Waals surface area contributed by atoms with Gasteiger partial charge in [-0.25, -0.2) is 10.4 Å². The van der Waals surface area contributed by atoms with Crippen molar-refractivity contribution in [3.63, 3.8) is 0 Å². The predicted molar refractivity (Wildman–Crippen MR) is 90.0 cm³/mol. The van der Waals surface area contributed by atoms with E-state index >= 15 is 0 Å². The summed E-state index contributed by atoms with van der Waals surface area (Å²) in [6.07, 6.45) is 1.14. The van der Waals surface area contributed by atoms with Crippen molar-refractivity contribution in [3.05, 3.63) is 0 Å². The topological polar surface area (TPSA) is 109 Å². The number of amides is 1. The molecule has 3 heterocycles. The number of piperidine rings is 1. The summed E-state index contributed by atoms with van der Waals surface area (Å²) in [6.45, 7) is 5.58. The minimum absolute atomic E-state index is 0.0219. The number of hydrogen-bond acceptors (Lipinski definition) is 7. The summed E-state index contributed by atoms with van der Waals surface area (Å²) >= 11 is 0. The number of nitrogens with zero attached hydrogens (tertiary/aromatic N) is 3. The van der Waals surface area contributed by atoms with Crippen LogP contribution >= 0.6 is 0 Å². The van der Waals surface area contributed by atoms with Gasteiger partial charge in [-0.3, -0.25) is 9.69 Å². The van der Waals surface area contributed by atoms with Gasteiger partial charge in [0.1, 0.15) is 0 Å². The first kappa shape index (κ1) is 17.6. The first-order valence-corrected chi connectivity index (χ1v) is 8.88. The fourth-order valence-corrected chi connectivity index (χ4v) is 4.27. The van der Waals surface area contributed by atoms with Gasteiger partial charge < -0.3 is 16.4 Å². The zero-order chi connectivity index (χ0) is 17.3. The molecule has 0 aliphatic carbocycles.